The fraction of sp³-hybridized carbons (Fsp3) is 0.294. The Balaban J connectivity index is 2.16. The van der Waals surface area contributed by atoms with Crippen molar-refractivity contribution in [3.63, 3.8) is 0 Å². The number of benzene rings is 2. The van der Waals surface area contributed by atoms with E-state index >= 15 is 0 Å². The Labute approximate surface area is 125 Å². The van der Waals surface area contributed by atoms with E-state index in [0.29, 0.717) is 6.04 Å². The highest BCUT2D eigenvalue weighted by molar-refractivity contribution is 7.98. The molecule has 0 aliphatic heterocycles. The van der Waals surface area contributed by atoms with E-state index in [1.807, 2.05) is 24.9 Å². The van der Waals surface area contributed by atoms with Crippen LogP contribution in [0.1, 0.15) is 24.1 Å². The van der Waals surface area contributed by atoms with Crippen LogP contribution in [0.2, 0.25) is 0 Å². The molecule has 0 aliphatic rings. The first-order valence-electron chi connectivity index (χ1n) is 6.76. The maximum Gasteiger partial charge on any atom is 0.122 e. The third kappa shape index (κ3) is 3.78. The Morgan fingerprint density at radius 3 is 2.55 bits per heavy atom. The van der Waals surface area contributed by atoms with Crippen molar-refractivity contribution in [2.75, 3.05) is 14.2 Å². The third-order valence-electron chi connectivity index (χ3n) is 3.38. The van der Waals surface area contributed by atoms with E-state index in [1.54, 1.807) is 7.11 Å². The standard InChI is InChI=1S/C17H21NOS/c1-13(18-2)14-9-10-17(19-3)15(11-14)12-20-16-7-5-4-6-8-16/h4-11,13,18H,12H2,1-3H3. The van der Waals surface area contributed by atoms with Gasteiger partial charge in [-0.1, -0.05) is 24.3 Å². The molecule has 106 valence electrons. The largest absolute Gasteiger partial charge is 0.496 e. The highest BCUT2D eigenvalue weighted by atomic mass is 32.2. The first-order chi connectivity index (χ1) is 9.74. The van der Waals surface area contributed by atoms with Crippen LogP contribution in [0.5, 0.6) is 5.75 Å². The molecule has 0 amide bonds. The first kappa shape index (κ1) is 14.9. The zero-order chi connectivity index (χ0) is 14.4. The Kier molecular flexibility index (Phi) is 5.50. The van der Waals surface area contributed by atoms with Gasteiger partial charge in [-0.05, 0) is 43.8 Å². The molecule has 3 heteroatoms. The molecule has 0 saturated carbocycles. The van der Waals surface area contributed by atoms with Gasteiger partial charge < -0.3 is 10.1 Å². The molecule has 0 radical (unpaired) electrons. The molecule has 2 nitrogen and oxygen atoms in total. The van der Waals surface area contributed by atoms with Crippen LogP contribution in [-0.2, 0) is 5.75 Å². The summed E-state index contributed by atoms with van der Waals surface area (Å²) in [5, 5.41) is 3.27. The molecule has 2 aromatic carbocycles. The molecule has 0 spiro atoms. The Bertz CT molecular complexity index is 542. The van der Waals surface area contributed by atoms with Gasteiger partial charge in [0.25, 0.3) is 0 Å². The van der Waals surface area contributed by atoms with Crippen molar-refractivity contribution in [1.82, 2.24) is 5.32 Å². The van der Waals surface area contributed by atoms with Gasteiger partial charge in [-0.15, -0.1) is 11.8 Å². The minimum atomic E-state index is 0.349. The molecule has 0 heterocycles. The summed E-state index contributed by atoms with van der Waals surface area (Å²) in [7, 11) is 3.71. The van der Waals surface area contributed by atoms with Crippen molar-refractivity contribution < 1.29 is 4.74 Å². The molecule has 0 bridgehead atoms. The summed E-state index contributed by atoms with van der Waals surface area (Å²) in [6.07, 6.45) is 0. The molecule has 0 aromatic heterocycles. The fourth-order valence-corrected chi connectivity index (χ4v) is 2.92. The maximum atomic E-state index is 5.47. The van der Waals surface area contributed by atoms with E-state index in [4.69, 9.17) is 4.74 Å². The van der Waals surface area contributed by atoms with Gasteiger partial charge in [0.2, 0.25) is 0 Å². The lowest BCUT2D eigenvalue weighted by Crippen LogP contribution is -2.12. The molecule has 0 aliphatic carbocycles. The van der Waals surface area contributed by atoms with Gasteiger partial charge in [-0.2, -0.15) is 0 Å². The summed E-state index contributed by atoms with van der Waals surface area (Å²) in [6, 6.07) is 17.2. The van der Waals surface area contributed by atoms with Crippen LogP contribution in [0.15, 0.2) is 53.4 Å². The number of nitrogens with one attached hydrogen (secondary N) is 1. The second kappa shape index (κ2) is 7.36. The molecule has 20 heavy (non-hydrogen) atoms. The van der Waals surface area contributed by atoms with E-state index in [9.17, 15) is 0 Å². The van der Waals surface area contributed by atoms with Crippen molar-refractivity contribution in [3.05, 3.63) is 59.7 Å². The van der Waals surface area contributed by atoms with E-state index in [2.05, 4.69) is 54.7 Å². The minimum absolute atomic E-state index is 0.349. The SMILES string of the molecule is CNC(C)c1ccc(OC)c(CSc2ccccc2)c1. The van der Waals surface area contributed by atoms with Crippen LogP contribution in [0, 0.1) is 0 Å². The van der Waals surface area contributed by atoms with Crippen LogP contribution < -0.4 is 10.1 Å². The van der Waals surface area contributed by atoms with Gasteiger partial charge in [0.15, 0.2) is 0 Å². The Morgan fingerprint density at radius 1 is 1.15 bits per heavy atom. The molecule has 2 aromatic rings. The maximum absolute atomic E-state index is 5.47. The number of rotatable bonds is 6. The smallest absolute Gasteiger partial charge is 0.122 e. The summed E-state index contributed by atoms with van der Waals surface area (Å²) in [4.78, 5) is 1.28. The first-order valence-corrected chi connectivity index (χ1v) is 7.75. The highest BCUT2D eigenvalue weighted by Gasteiger charge is 2.08. The molecule has 1 unspecified atom stereocenters. The van der Waals surface area contributed by atoms with E-state index in [1.165, 1.54) is 16.0 Å². The van der Waals surface area contributed by atoms with Crippen molar-refractivity contribution in [1.29, 1.82) is 0 Å². The average Bonchev–Trinajstić information content (AvgIpc) is 2.52. The van der Waals surface area contributed by atoms with Crippen molar-refractivity contribution >= 4 is 11.8 Å². The second-order valence-electron chi connectivity index (χ2n) is 4.68. The van der Waals surface area contributed by atoms with Crippen LogP contribution in [0.4, 0.5) is 0 Å². The van der Waals surface area contributed by atoms with Crippen molar-refractivity contribution in [2.24, 2.45) is 0 Å². The van der Waals surface area contributed by atoms with Gasteiger partial charge in [0.1, 0.15) is 5.75 Å². The summed E-state index contributed by atoms with van der Waals surface area (Å²) in [6.45, 7) is 2.16. The van der Waals surface area contributed by atoms with Gasteiger partial charge >= 0.3 is 0 Å². The van der Waals surface area contributed by atoms with Crippen molar-refractivity contribution in [3.8, 4) is 5.75 Å². The number of methoxy groups -OCH3 is 1. The number of hydrogen-bond acceptors (Lipinski definition) is 3. The van der Waals surface area contributed by atoms with Crippen LogP contribution in [0.25, 0.3) is 0 Å². The summed E-state index contributed by atoms with van der Waals surface area (Å²) in [5.74, 6) is 1.87. The Morgan fingerprint density at radius 2 is 1.90 bits per heavy atom. The zero-order valence-electron chi connectivity index (χ0n) is 12.2. The van der Waals surface area contributed by atoms with Gasteiger partial charge in [0.05, 0.1) is 7.11 Å². The zero-order valence-corrected chi connectivity index (χ0v) is 13.0. The number of thioether (sulfide) groups is 1. The topological polar surface area (TPSA) is 21.3 Å². The van der Waals surface area contributed by atoms with Gasteiger partial charge in [0, 0.05) is 22.3 Å². The molecule has 0 fully saturated rings. The molecule has 1 atom stereocenters. The number of ether oxygens (including phenoxy) is 1. The average molecular weight is 287 g/mol. The lowest BCUT2D eigenvalue weighted by Gasteiger charge is -2.15. The van der Waals surface area contributed by atoms with E-state index < -0.39 is 0 Å². The monoisotopic (exact) mass is 287 g/mol. The normalized spacial score (nSPS) is 12.2. The van der Waals surface area contributed by atoms with Gasteiger partial charge in [-0.25, -0.2) is 0 Å². The van der Waals surface area contributed by atoms with E-state index in [0.717, 1.165) is 11.5 Å². The van der Waals surface area contributed by atoms with Crippen LogP contribution in [-0.4, -0.2) is 14.2 Å². The molecular weight excluding hydrogens is 266 g/mol. The lowest BCUT2D eigenvalue weighted by atomic mass is 10.1. The van der Waals surface area contributed by atoms with E-state index in [-0.39, 0.29) is 0 Å². The quantitative estimate of drug-likeness (QED) is 0.802. The van der Waals surface area contributed by atoms with Crippen LogP contribution in [0.3, 0.4) is 0 Å². The van der Waals surface area contributed by atoms with Crippen molar-refractivity contribution in [2.45, 2.75) is 23.6 Å². The Hall–Kier alpha value is -1.45. The summed E-state index contributed by atoms with van der Waals surface area (Å²) < 4.78 is 5.47. The predicted octanol–water partition coefficient (Wildman–Crippen LogP) is 4.27. The minimum Gasteiger partial charge on any atom is -0.496 e. The number of hydrogen-bond donors (Lipinski definition) is 1. The summed E-state index contributed by atoms with van der Waals surface area (Å²) in [5.41, 5.74) is 2.53. The predicted molar refractivity (Wildman–Crippen MR) is 86.5 cm³/mol. The summed E-state index contributed by atoms with van der Waals surface area (Å²) >= 11 is 1.83. The molecule has 0 saturated heterocycles. The third-order valence-corrected chi connectivity index (χ3v) is 4.44. The van der Waals surface area contributed by atoms with Crippen LogP contribution >= 0.6 is 11.8 Å². The van der Waals surface area contributed by atoms with Gasteiger partial charge in [-0.3, -0.25) is 0 Å². The molecule has 2 rings (SSSR count). The fourth-order valence-electron chi connectivity index (χ4n) is 2.03. The lowest BCUT2D eigenvalue weighted by molar-refractivity contribution is 0.411. The second-order valence-corrected chi connectivity index (χ2v) is 5.73. The molecule has 1 N–H and O–H groups in total. The molecular formula is C17H21NOS. The highest BCUT2D eigenvalue weighted by Crippen LogP contribution is 2.30.